The number of nitrogens with two attached hydrogens (primary N) is 1. The van der Waals surface area contributed by atoms with E-state index in [0.717, 1.165) is 24.7 Å². The number of methoxy groups -OCH3 is 1. The number of hydrogen-bond acceptors (Lipinski definition) is 5. The Bertz CT molecular complexity index is 401. The van der Waals surface area contributed by atoms with Gasteiger partial charge in [0, 0.05) is 25.2 Å². The third kappa shape index (κ3) is 1.57. The minimum atomic E-state index is 0.387. The molecule has 4 atom stereocenters. The van der Waals surface area contributed by atoms with Crippen LogP contribution in [0.1, 0.15) is 6.92 Å². The number of hydrogen-bond donors (Lipinski definition) is 1. The monoisotopic (exact) mass is 234 g/mol. The molecule has 5 heteroatoms. The van der Waals surface area contributed by atoms with Crippen molar-refractivity contribution in [2.24, 2.45) is 23.5 Å². The van der Waals surface area contributed by atoms with Gasteiger partial charge in [-0.3, -0.25) is 0 Å². The van der Waals surface area contributed by atoms with Gasteiger partial charge >= 0.3 is 0 Å². The maximum atomic E-state index is 6.14. The number of aromatic nitrogens is 2. The van der Waals surface area contributed by atoms with Crippen LogP contribution in [0.3, 0.4) is 0 Å². The minimum Gasteiger partial charge on any atom is -0.480 e. The van der Waals surface area contributed by atoms with Gasteiger partial charge in [-0.15, -0.1) is 5.10 Å². The van der Waals surface area contributed by atoms with Crippen LogP contribution < -0.4 is 15.4 Å². The van der Waals surface area contributed by atoms with Crippen molar-refractivity contribution in [2.75, 3.05) is 25.1 Å². The van der Waals surface area contributed by atoms with E-state index >= 15 is 0 Å². The van der Waals surface area contributed by atoms with Crippen molar-refractivity contribution in [3.63, 3.8) is 0 Å². The highest BCUT2D eigenvalue weighted by atomic mass is 16.5. The molecule has 1 aromatic heterocycles. The highest BCUT2D eigenvalue weighted by molar-refractivity contribution is 5.48. The van der Waals surface area contributed by atoms with Crippen LogP contribution in [0.5, 0.6) is 5.88 Å². The van der Waals surface area contributed by atoms with Gasteiger partial charge in [0.1, 0.15) is 0 Å². The average Bonchev–Trinajstić information content (AvgIpc) is 2.40. The molecule has 3 fully saturated rings. The molecule has 4 rings (SSSR count). The first kappa shape index (κ1) is 10.8. The molecule has 2 aliphatic heterocycles. The van der Waals surface area contributed by atoms with Crippen LogP contribution in [0.4, 0.5) is 5.69 Å². The summed E-state index contributed by atoms with van der Waals surface area (Å²) in [6.45, 7) is 4.35. The summed E-state index contributed by atoms with van der Waals surface area (Å²) in [5.74, 6) is 2.57. The Morgan fingerprint density at radius 1 is 1.41 bits per heavy atom. The summed E-state index contributed by atoms with van der Waals surface area (Å²) in [5, 5.41) is 7.85. The Labute approximate surface area is 101 Å². The van der Waals surface area contributed by atoms with Crippen LogP contribution >= 0.6 is 0 Å². The SMILES string of the molecule is COc1cc(N2C[C@@H]3[C@@H](C)[C@H](C2)[C@H]3N)cnn1. The number of nitrogens with zero attached hydrogens (tertiary/aromatic N) is 3. The first-order valence-electron chi connectivity index (χ1n) is 6.08. The van der Waals surface area contributed by atoms with E-state index in [9.17, 15) is 0 Å². The normalized spacial score (nSPS) is 35.4. The summed E-state index contributed by atoms with van der Waals surface area (Å²) in [4.78, 5) is 2.34. The molecular weight excluding hydrogens is 216 g/mol. The summed E-state index contributed by atoms with van der Waals surface area (Å²) in [7, 11) is 1.61. The zero-order valence-corrected chi connectivity index (χ0v) is 10.2. The van der Waals surface area contributed by atoms with Crippen molar-refractivity contribution in [1.29, 1.82) is 0 Å². The molecule has 1 saturated carbocycles. The summed E-state index contributed by atoms with van der Waals surface area (Å²) in [6, 6.07) is 2.33. The molecular formula is C12H18N4O. The van der Waals surface area contributed by atoms with E-state index in [-0.39, 0.29) is 0 Å². The molecule has 3 aliphatic rings. The van der Waals surface area contributed by atoms with Crippen molar-refractivity contribution in [3.05, 3.63) is 12.3 Å². The van der Waals surface area contributed by atoms with Gasteiger partial charge in [0.25, 0.3) is 0 Å². The first-order chi connectivity index (χ1) is 8.20. The molecule has 2 saturated heterocycles. The van der Waals surface area contributed by atoms with E-state index in [1.165, 1.54) is 0 Å². The fraction of sp³-hybridized carbons (Fsp3) is 0.667. The standard InChI is InChI=1S/C12H18N4O/c1-7-9-5-16(6-10(7)12(9)13)8-3-11(17-2)15-14-4-8/h3-4,7,9-10,12H,5-6,13H2,1-2H3/t7-,9-,10+,12+. The van der Waals surface area contributed by atoms with E-state index in [0.29, 0.717) is 23.8 Å². The minimum absolute atomic E-state index is 0.387. The fourth-order valence-electron chi connectivity index (χ4n) is 3.17. The molecule has 1 aromatic rings. The smallest absolute Gasteiger partial charge is 0.235 e. The van der Waals surface area contributed by atoms with Crippen molar-refractivity contribution in [3.8, 4) is 5.88 Å². The molecule has 5 nitrogen and oxygen atoms in total. The molecule has 0 amide bonds. The molecule has 0 unspecified atom stereocenters. The molecule has 2 bridgehead atoms. The van der Waals surface area contributed by atoms with E-state index < -0.39 is 0 Å². The highest BCUT2D eigenvalue weighted by Gasteiger charge is 2.50. The molecule has 2 N–H and O–H groups in total. The number of piperidine rings is 2. The second-order valence-electron chi connectivity index (χ2n) is 5.13. The fourth-order valence-corrected chi connectivity index (χ4v) is 3.17. The first-order valence-corrected chi connectivity index (χ1v) is 6.08. The molecule has 1 aliphatic carbocycles. The van der Waals surface area contributed by atoms with Gasteiger partial charge in [-0.1, -0.05) is 6.92 Å². The Morgan fingerprint density at radius 2 is 2.12 bits per heavy atom. The summed E-state index contributed by atoms with van der Waals surface area (Å²) in [6.07, 6.45) is 1.80. The molecule has 0 radical (unpaired) electrons. The van der Waals surface area contributed by atoms with Gasteiger partial charge in [-0.05, 0) is 17.8 Å². The third-order valence-electron chi connectivity index (χ3n) is 4.39. The zero-order chi connectivity index (χ0) is 12.0. The lowest BCUT2D eigenvalue weighted by atomic mass is 9.59. The Kier molecular flexibility index (Phi) is 2.43. The lowest BCUT2D eigenvalue weighted by Crippen LogP contribution is -2.67. The molecule has 3 heterocycles. The van der Waals surface area contributed by atoms with Gasteiger partial charge in [0.2, 0.25) is 5.88 Å². The number of anilines is 1. The van der Waals surface area contributed by atoms with Gasteiger partial charge in [0.05, 0.1) is 19.0 Å². The van der Waals surface area contributed by atoms with Gasteiger partial charge < -0.3 is 15.4 Å². The molecule has 0 spiro atoms. The van der Waals surface area contributed by atoms with E-state index in [2.05, 4.69) is 22.0 Å². The van der Waals surface area contributed by atoms with Gasteiger partial charge in [-0.25, -0.2) is 0 Å². The highest BCUT2D eigenvalue weighted by Crippen LogP contribution is 2.45. The second-order valence-corrected chi connectivity index (χ2v) is 5.13. The zero-order valence-electron chi connectivity index (χ0n) is 10.2. The van der Waals surface area contributed by atoms with Crippen LogP contribution in [0.25, 0.3) is 0 Å². The maximum absolute atomic E-state index is 6.14. The second kappa shape index (κ2) is 3.84. The van der Waals surface area contributed by atoms with Crippen LogP contribution in [-0.2, 0) is 0 Å². The molecule has 0 aromatic carbocycles. The van der Waals surface area contributed by atoms with Crippen LogP contribution in [0, 0.1) is 17.8 Å². The molecule has 92 valence electrons. The lowest BCUT2D eigenvalue weighted by molar-refractivity contribution is 0.0296. The van der Waals surface area contributed by atoms with Crippen molar-refractivity contribution >= 4 is 5.69 Å². The maximum Gasteiger partial charge on any atom is 0.235 e. The topological polar surface area (TPSA) is 64.3 Å². The number of ether oxygens (including phenoxy) is 1. The lowest BCUT2D eigenvalue weighted by Gasteiger charge is -2.57. The molecule has 17 heavy (non-hydrogen) atoms. The third-order valence-corrected chi connectivity index (χ3v) is 4.39. The summed E-state index contributed by atoms with van der Waals surface area (Å²) in [5.41, 5.74) is 7.22. The summed E-state index contributed by atoms with van der Waals surface area (Å²) < 4.78 is 5.10. The number of fused-ring (bicyclic) bond motifs is 2. The van der Waals surface area contributed by atoms with Crippen LogP contribution in [0.15, 0.2) is 12.3 Å². The van der Waals surface area contributed by atoms with Crippen LogP contribution in [-0.4, -0.2) is 36.4 Å². The van der Waals surface area contributed by atoms with Crippen LogP contribution in [0.2, 0.25) is 0 Å². The Morgan fingerprint density at radius 3 is 2.71 bits per heavy atom. The Hall–Kier alpha value is -1.36. The Balaban J connectivity index is 1.78. The van der Waals surface area contributed by atoms with Crippen molar-refractivity contribution in [2.45, 2.75) is 13.0 Å². The number of rotatable bonds is 2. The largest absolute Gasteiger partial charge is 0.480 e. The van der Waals surface area contributed by atoms with Gasteiger partial charge in [-0.2, -0.15) is 5.10 Å². The predicted molar refractivity (Wildman–Crippen MR) is 64.9 cm³/mol. The van der Waals surface area contributed by atoms with Crippen molar-refractivity contribution in [1.82, 2.24) is 10.2 Å². The van der Waals surface area contributed by atoms with E-state index in [1.807, 2.05) is 6.07 Å². The van der Waals surface area contributed by atoms with Crippen molar-refractivity contribution < 1.29 is 4.74 Å². The summed E-state index contributed by atoms with van der Waals surface area (Å²) >= 11 is 0. The average molecular weight is 234 g/mol. The quantitative estimate of drug-likeness (QED) is 0.808. The van der Waals surface area contributed by atoms with E-state index in [4.69, 9.17) is 10.5 Å². The van der Waals surface area contributed by atoms with E-state index in [1.54, 1.807) is 13.3 Å². The van der Waals surface area contributed by atoms with Gasteiger partial charge in [0.15, 0.2) is 0 Å². The predicted octanol–water partition coefficient (Wildman–Crippen LogP) is 0.515.